The number of aryl methyl sites for hydroxylation is 2. The van der Waals surface area contributed by atoms with E-state index >= 15 is 0 Å². The Morgan fingerprint density at radius 3 is 3.04 bits per heavy atom. The number of imidazole rings is 1. The first kappa shape index (κ1) is 14.7. The summed E-state index contributed by atoms with van der Waals surface area (Å²) in [6.07, 6.45) is 10.2. The van der Waals surface area contributed by atoms with Crippen molar-refractivity contribution in [2.45, 2.75) is 12.8 Å². The van der Waals surface area contributed by atoms with Crippen LogP contribution in [-0.2, 0) is 17.6 Å². The summed E-state index contributed by atoms with van der Waals surface area (Å²) in [6, 6.07) is 5.92. The number of nitrogens with zero attached hydrogens (tertiary/aromatic N) is 2. The molecule has 3 aromatic heterocycles. The fourth-order valence-corrected chi connectivity index (χ4v) is 3.48. The average Bonchev–Trinajstić information content (AvgIpc) is 3.38. The molecule has 0 atom stereocenters. The first-order valence-corrected chi connectivity index (χ1v) is 8.42. The molecule has 3 heterocycles. The summed E-state index contributed by atoms with van der Waals surface area (Å²) in [5.41, 5.74) is 7.28. The van der Waals surface area contributed by atoms with Crippen LogP contribution >= 0.6 is 0 Å². The quantitative estimate of drug-likeness (QED) is 0.430. The minimum Gasteiger partial charge on any atom is -0.353 e. The predicted molar refractivity (Wildman–Crippen MR) is 99.5 cm³/mol. The van der Waals surface area contributed by atoms with Gasteiger partial charge in [-0.15, -0.1) is 0 Å². The second kappa shape index (κ2) is 5.73. The number of aromatic nitrogens is 5. The summed E-state index contributed by atoms with van der Waals surface area (Å²) >= 11 is 0. The van der Waals surface area contributed by atoms with Gasteiger partial charge in [-0.1, -0.05) is 0 Å². The highest BCUT2D eigenvalue weighted by atomic mass is 16.1. The number of amides is 1. The zero-order chi connectivity index (χ0) is 17.5. The smallest absolute Gasteiger partial charge is 0.248 e. The van der Waals surface area contributed by atoms with Gasteiger partial charge in [0.05, 0.1) is 35.8 Å². The summed E-state index contributed by atoms with van der Waals surface area (Å²) in [6.45, 7) is 0. The standard InChI is InChI=1S/C19H16N6O/c26-17(6-3-13-9-20-10-21-13)23-12-2-5-16-15(7-12)14-4-1-11-8-22-25-18(11)19(14)24-16/h2-3,5-10,24H,1,4H2,(H,20,21)(H,22,25)(H,23,26)/b6-3+. The van der Waals surface area contributed by atoms with E-state index in [1.165, 1.54) is 17.2 Å². The highest BCUT2D eigenvalue weighted by molar-refractivity contribution is 6.03. The maximum atomic E-state index is 12.1. The van der Waals surface area contributed by atoms with Gasteiger partial charge < -0.3 is 15.3 Å². The molecule has 1 amide bonds. The van der Waals surface area contributed by atoms with Crippen molar-refractivity contribution < 1.29 is 4.79 Å². The van der Waals surface area contributed by atoms with Crippen molar-refractivity contribution in [3.63, 3.8) is 0 Å². The number of H-pyrrole nitrogens is 3. The van der Waals surface area contributed by atoms with Gasteiger partial charge in [-0.25, -0.2) is 4.98 Å². The Kier molecular flexibility index (Phi) is 3.24. The Hall–Kier alpha value is -3.61. The van der Waals surface area contributed by atoms with E-state index in [1.807, 2.05) is 24.4 Å². The molecule has 4 aromatic rings. The number of aromatic amines is 3. The zero-order valence-electron chi connectivity index (χ0n) is 13.8. The van der Waals surface area contributed by atoms with E-state index in [0.29, 0.717) is 0 Å². The number of carbonyl (C=O) groups excluding carboxylic acids is 1. The maximum Gasteiger partial charge on any atom is 0.248 e. The molecular formula is C19H16N6O. The van der Waals surface area contributed by atoms with Crippen molar-refractivity contribution in [3.05, 3.63) is 59.8 Å². The van der Waals surface area contributed by atoms with Crippen LogP contribution in [0.2, 0.25) is 0 Å². The molecule has 4 N–H and O–H groups in total. The van der Waals surface area contributed by atoms with E-state index in [0.717, 1.165) is 46.5 Å². The lowest BCUT2D eigenvalue weighted by Gasteiger charge is -2.11. The van der Waals surface area contributed by atoms with Crippen LogP contribution in [-0.4, -0.2) is 31.1 Å². The van der Waals surface area contributed by atoms with Crippen LogP contribution in [0.4, 0.5) is 5.69 Å². The van der Waals surface area contributed by atoms with Gasteiger partial charge in [0.25, 0.3) is 0 Å². The molecule has 0 radical (unpaired) electrons. The van der Waals surface area contributed by atoms with Crippen molar-refractivity contribution in [1.29, 1.82) is 0 Å². The summed E-state index contributed by atoms with van der Waals surface area (Å²) in [7, 11) is 0. The van der Waals surface area contributed by atoms with Crippen LogP contribution in [0, 0.1) is 0 Å². The third kappa shape index (κ3) is 2.41. The number of rotatable bonds is 3. The van der Waals surface area contributed by atoms with E-state index < -0.39 is 0 Å². The number of anilines is 1. The Bertz CT molecular complexity index is 1130. The van der Waals surface area contributed by atoms with Crippen molar-refractivity contribution in [1.82, 2.24) is 25.1 Å². The van der Waals surface area contributed by atoms with Crippen LogP contribution in [0.5, 0.6) is 0 Å². The lowest BCUT2D eigenvalue weighted by atomic mass is 9.94. The van der Waals surface area contributed by atoms with E-state index in [4.69, 9.17) is 0 Å². The Balaban J connectivity index is 1.45. The summed E-state index contributed by atoms with van der Waals surface area (Å²) in [5.74, 6) is -0.181. The molecule has 0 unspecified atom stereocenters. The van der Waals surface area contributed by atoms with Crippen molar-refractivity contribution >= 4 is 28.6 Å². The largest absolute Gasteiger partial charge is 0.353 e. The molecule has 1 aliphatic rings. The van der Waals surface area contributed by atoms with Gasteiger partial charge >= 0.3 is 0 Å². The van der Waals surface area contributed by atoms with E-state index in [1.54, 1.807) is 18.6 Å². The highest BCUT2D eigenvalue weighted by Gasteiger charge is 2.22. The van der Waals surface area contributed by atoms with Gasteiger partial charge in [0.1, 0.15) is 0 Å². The van der Waals surface area contributed by atoms with Gasteiger partial charge in [-0.2, -0.15) is 5.10 Å². The number of benzene rings is 1. The van der Waals surface area contributed by atoms with Crippen molar-refractivity contribution in [2.24, 2.45) is 0 Å². The average molecular weight is 344 g/mol. The third-order valence-corrected chi connectivity index (χ3v) is 4.72. The molecule has 128 valence electrons. The van der Waals surface area contributed by atoms with Crippen LogP contribution in [0.1, 0.15) is 16.8 Å². The van der Waals surface area contributed by atoms with Crippen LogP contribution < -0.4 is 5.32 Å². The Labute approximate surface area is 148 Å². The Morgan fingerprint density at radius 1 is 1.19 bits per heavy atom. The van der Waals surface area contributed by atoms with Crippen LogP contribution in [0.15, 0.2) is 43.0 Å². The maximum absolute atomic E-state index is 12.1. The zero-order valence-corrected chi connectivity index (χ0v) is 13.8. The number of hydrogen-bond donors (Lipinski definition) is 4. The Morgan fingerprint density at radius 2 is 2.15 bits per heavy atom. The monoisotopic (exact) mass is 344 g/mol. The van der Waals surface area contributed by atoms with E-state index in [-0.39, 0.29) is 5.91 Å². The fraction of sp³-hybridized carbons (Fsp3) is 0.105. The van der Waals surface area contributed by atoms with Crippen LogP contribution in [0.3, 0.4) is 0 Å². The number of carbonyl (C=O) groups is 1. The molecule has 0 fully saturated rings. The van der Waals surface area contributed by atoms with Gasteiger partial charge in [0, 0.05) is 22.7 Å². The lowest BCUT2D eigenvalue weighted by molar-refractivity contribution is -0.111. The normalized spacial score (nSPS) is 13.1. The van der Waals surface area contributed by atoms with Gasteiger partial charge in [0.15, 0.2) is 0 Å². The summed E-state index contributed by atoms with van der Waals surface area (Å²) in [5, 5.41) is 11.3. The SMILES string of the molecule is O=C(/C=C/c1cnc[nH]1)Nc1ccc2[nH]c3c(c2c1)CCc1cn[nH]c1-3. The number of nitrogens with one attached hydrogen (secondary N) is 4. The molecule has 0 saturated heterocycles. The van der Waals surface area contributed by atoms with Gasteiger partial charge in [-0.05, 0) is 48.2 Å². The lowest BCUT2D eigenvalue weighted by Crippen LogP contribution is -2.07. The molecule has 1 aromatic carbocycles. The molecule has 26 heavy (non-hydrogen) atoms. The molecule has 0 spiro atoms. The fourth-order valence-electron chi connectivity index (χ4n) is 3.48. The second-order valence-corrected chi connectivity index (χ2v) is 6.34. The minimum atomic E-state index is -0.181. The minimum absolute atomic E-state index is 0.181. The molecule has 7 nitrogen and oxygen atoms in total. The molecule has 5 rings (SSSR count). The van der Waals surface area contributed by atoms with Crippen molar-refractivity contribution in [3.8, 4) is 11.4 Å². The van der Waals surface area contributed by atoms with E-state index in [2.05, 4.69) is 30.5 Å². The van der Waals surface area contributed by atoms with Gasteiger partial charge in [-0.3, -0.25) is 9.89 Å². The number of fused-ring (bicyclic) bond motifs is 5. The number of hydrogen-bond acceptors (Lipinski definition) is 3. The van der Waals surface area contributed by atoms with E-state index in [9.17, 15) is 4.79 Å². The molecule has 7 heteroatoms. The molecular weight excluding hydrogens is 328 g/mol. The second-order valence-electron chi connectivity index (χ2n) is 6.34. The molecule has 0 saturated carbocycles. The third-order valence-electron chi connectivity index (χ3n) is 4.72. The van der Waals surface area contributed by atoms with Crippen molar-refractivity contribution in [2.75, 3.05) is 5.32 Å². The molecule has 0 bridgehead atoms. The first-order chi connectivity index (χ1) is 12.8. The summed E-state index contributed by atoms with van der Waals surface area (Å²) in [4.78, 5) is 22.5. The topological polar surface area (TPSA) is 102 Å². The summed E-state index contributed by atoms with van der Waals surface area (Å²) < 4.78 is 0. The first-order valence-electron chi connectivity index (χ1n) is 8.42. The predicted octanol–water partition coefficient (Wildman–Crippen LogP) is 3.03. The highest BCUT2D eigenvalue weighted by Crippen LogP contribution is 2.37. The van der Waals surface area contributed by atoms with Gasteiger partial charge in [0.2, 0.25) is 5.91 Å². The molecule has 1 aliphatic carbocycles. The molecule has 0 aliphatic heterocycles. The van der Waals surface area contributed by atoms with Crippen LogP contribution in [0.25, 0.3) is 28.4 Å².